The van der Waals surface area contributed by atoms with Crippen molar-refractivity contribution < 1.29 is 24.0 Å². The number of rotatable bonds is 7. The second kappa shape index (κ2) is 12.7. The van der Waals surface area contributed by atoms with Crippen molar-refractivity contribution in [2.24, 2.45) is 0 Å². The maximum atomic E-state index is 13.8. The first kappa shape index (κ1) is 28.9. The third-order valence-corrected chi connectivity index (χ3v) is 6.92. The van der Waals surface area contributed by atoms with Gasteiger partial charge in [0.05, 0.1) is 29.1 Å². The van der Waals surface area contributed by atoms with E-state index in [1.165, 1.54) is 19.2 Å². The van der Waals surface area contributed by atoms with Gasteiger partial charge in [0.2, 0.25) is 0 Å². The van der Waals surface area contributed by atoms with Crippen LogP contribution < -0.4 is 5.32 Å². The molecule has 1 N–H and O–H groups in total. The van der Waals surface area contributed by atoms with Crippen LogP contribution in [-0.4, -0.2) is 48.1 Å². The molecule has 2 aromatic carbocycles. The SMILES string of the molecule is COC(=O)C1=C(C)N(Cc2ccccc2)C(C)=C(C(=O)O[C@@H]2CCCNC2)[C@@H]1c1cccc([N+](=O)[O-])c1.Cl. The van der Waals surface area contributed by atoms with E-state index in [0.717, 1.165) is 24.9 Å². The van der Waals surface area contributed by atoms with Crippen molar-refractivity contribution in [2.45, 2.75) is 45.3 Å². The van der Waals surface area contributed by atoms with E-state index < -0.39 is 22.8 Å². The number of hydrogen-bond acceptors (Lipinski definition) is 8. The smallest absolute Gasteiger partial charge is 0.337 e. The summed E-state index contributed by atoms with van der Waals surface area (Å²) >= 11 is 0. The minimum absolute atomic E-state index is 0. The summed E-state index contributed by atoms with van der Waals surface area (Å²) in [6, 6.07) is 15.7. The van der Waals surface area contributed by atoms with Gasteiger partial charge in [0.1, 0.15) is 6.10 Å². The van der Waals surface area contributed by atoms with E-state index in [0.29, 0.717) is 30.0 Å². The van der Waals surface area contributed by atoms with Crippen LogP contribution in [0, 0.1) is 10.1 Å². The van der Waals surface area contributed by atoms with Crippen LogP contribution in [0.4, 0.5) is 5.69 Å². The Balaban J connectivity index is 0.00000400. The van der Waals surface area contributed by atoms with Crippen LogP contribution in [-0.2, 0) is 25.6 Å². The lowest BCUT2D eigenvalue weighted by molar-refractivity contribution is -0.384. The Hall–Kier alpha value is -3.69. The van der Waals surface area contributed by atoms with Gasteiger partial charge in [-0.25, -0.2) is 9.59 Å². The van der Waals surface area contributed by atoms with Gasteiger partial charge in [-0.05, 0) is 44.4 Å². The van der Waals surface area contributed by atoms with Crippen molar-refractivity contribution in [3.05, 3.63) is 98.4 Å². The monoisotopic (exact) mass is 541 g/mol. The average Bonchev–Trinajstić information content (AvgIpc) is 2.91. The molecular formula is C28H32ClN3O6. The molecule has 38 heavy (non-hydrogen) atoms. The molecule has 0 aromatic heterocycles. The first-order chi connectivity index (χ1) is 17.8. The van der Waals surface area contributed by atoms with Gasteiger partial charge in [-0.15, -0.1) is 12.4 Å². The van der Waals surface area contributed by atoms with Crippen LogP contribution in [0.1, 0.15) is 43.7 Å². The van der Waals surface area contributed by atoms with Crippen LogP contribution in [0.2, 0.25) is 0 Å². The quantitative estimate of drug-likeness (QED) is 0.307. The van der Waals surface area contributed by atoms with Gasteiger partial charge < -0.3 is 19.7 Å². The molecule has 9 nitrogen and oxygen atoms in total. The molecule has 2 heterocycles. The lowest BCUT2D eigenvalue weighted by atomic mass is 9.79. The topological polar surface area (TPSA) is 111 Å². The van der Waals surface area contributed by atoms with E-state index in [-0.39, 0.29) is 35.3 Å². The zero-order chi connectivity index (χ0) is 26.5. The first-order valence-electron chi connectivity index (χ1n) is 12.3. The molecule has 10 heteroatoms. The summed E-state index contributed by atoms with van der Waals surface area (Å²) in [6.45, 7) is 5.45. The van der Waals surface area contributed by atoms with Crippen molar-refractivity contribution in [3.8, 4) is 0 Å². The highest BCUT2D eigenvalue weighted by atomic mass is 35.5. The molecule has 0 spiro atoms. The Morgan fingerprint density at radius 2 is 1.74 bits per heavy atom. The number of nitrogens with one attached hydrogen (secondary N) is 1. The summed E-state index contributed by atoms with van der Waals surface area (Å²) in [6.07, 6.45) is 1.32. The molecule has 1 saturated heterocycles. The number of carbonyl (C=O) groups is 2. The van der Waals surface area contributed by atoms with Crippen molar-refractivity contribution in [1.29, 1.82) is 0 Å². The molecule has 2 aliphatic heterocycles. The van der Waals surface area contributed by atoms with Gasteiger partial charge in [-0.2, -0.15) is 0 Å². The molecule has 0 bridgehead atoms. The van der Waals surface area contributed by atoms with E-state index in [1.807, 2.05) is 42.2 Å². The number of piperidine rings is 1. The normalized spacial score (nSPS) is 19.5. The maximum Gasteiger partial charge on any atom is 0.337 e. The standard InChI is InChI=1S/C28H31N3O6.ClH/c1-18-24(27(32)36-3)26(21-11-7-12-22(15-21)31(34)35)25(28(33)37-23-13-8-14-29-16-23)19(2)30(18)17-20-9-5-4-6-10-20;/h4-7,9-12,15,23,26,29H,8,13-14,16-17H2,1-3H3;1H/t23-,26-;/m1./s1. The lowest BCUT2D eigenvalue weighted by Crippen LogP contribution is -2.39. The summed E-state index contributed by atoms with van der Waals surface area (Å²) in [7, 11) is 1.28. The van der Waals surface area contributed by atoms with E-state index in [1.54, 1.807) is 19.1 Å². The fourth-order valence-corrected chi connectivity index (χ4v) is 5.04. The second-order valence-corrected chi connectivity index (χ2v) is 9.22. The molecule has 1 fully saturated rings. The number of esters is 2. The maximum absolute atomic E-state index is 13.8. The number of benzene rings is 2. The minimum atomic E-state index is -0.886. The molecule has 0 saturated carbocycles. The average molecular weight is 542 g/mol. The number of non-ortho nitro benzene ring substituents is 1. The van der Waals surface area contributed by atoms with Gasteiger partial charge in [-0.1, -0.05) is 42.5 Å². The van der Waals surface area contributed by atoms with Crippen molar-refractivity contribution in [2.75, 3.05) is 20.2 Å². The Morgan fingerprint density at radius 1 is 1.05 bits per heavy atom. The van der Waals surface area contributed by atoms with Crippen molar-refractivity contribution in [1.82, 2.24) is 10.2 Å². The summed E-state index contributed by atoms with van der Waals surface area (Å²) in [5.41, 5.74) is 3.06. The predicted octanol–water partition coefficient (Wildman–Crippen LogP) is 4.63. The van der Waals surface area contributed by atoms with Crippen LogP contribution in [0.3, 0.4) is 0 Å². The van der Waals surface area contributed by atoms with Gasteiger partial charge in [0, 0.05) is 36.6 Å². The molecule has 2 atom stereocenters. The van der Waals surface area contributed by atoms with Crippen LogP contribution >= 0.6 is 12.4 Å². The predicted molar refractivity (Wildman–Crippen MR) is 144 cm³/mol. The van der Waals surface area contributed by atoms with E-state index in [4.69, 9.17) is 9.47 Å². The first-order valence-corrected chi connectivity index (χ1v) is 12.3. The van der Waals surface area contributed by atoms with E-state index in [9.17, 15) is 19.7 Å². The largest absolute Gasteiger partial charge is 0.466 e. The Morgan fingerprint density at radius 3 is 2.34 bits per heavy atom. The fraction of sp³-hybridized carbons (Fsp3) is 0.357. The Labute approximate surface area is 228 Å². The number of carbonyl (C=O) groups excluding carboxylic acids is 2. The minimum Gasteiger partial charge on any atom is -0.466 e. The second-order valence-electron chi connectivity index (χ2n) is 9.22. The van der Waals surface area contributed by atoms with Crippen LogP contribution in [0.25, 0.3) is 0 Å². The number of methoxy groups -OCH3 is 1. The number of nitrogens with zero attached hydrogens (tertiary/aromatic N) is 2. The molecule has 2 aliphatic rings. The van der Waals surface area contributed by atoms with E-state index in [2.05, 4.69) is 5.32 Å². The number of hydrogen-bond donors (Lipinski definition) is 1. The zero-order valence-electron chi connectivity index (χ0n) is 21.6. The summed E-state index contributed by atoms with van der Waals surface area (Å²) in [5, 5.41) is 14.8. The highest BCUT2D eigenvalue weighted by Crippen LogP contribution is 2.44. The fourth-order valence-electron chi connectivity index (χ4n) is 5.04. The Bertz CT molecular complexity index is 1250. The van der Waals surface area contributed by atoms with Crippen LogP contribution in [0.15, 0.2) is 77.1 Å². The van der Waals surface area contributed by atoms with E-state index >= 15 is 0 Å². The molecule has 0 amide bonds. The number of nitro groups is 1. The van der Waals surface area contributed by atoms with Gasteiger partial charge >= 0.3 is 11.9 Å². The molecule has 4 rings (SSSR count). The van der Waals surface area contributed by atoms with Crippen molar-refractivity contribution in [3.63, 3.8) is 0 Å². The highest BCUT2D eigenvalue weighted by Gasteiger charge is 2.41. The Kier molecular flexibility index (Phi) is 9.66. The van der Waals surface area contributed by atoms with Crippen molar-refractivity contribution >= 4 is 30.0 Å². The number of halogens is 1. The molecule has 2 aromatic rings. The molecule has 202 valence electrons. The molecule has 0 radical (unpaired) electrons. The van der Waals surface area contributed by atoms with Gasteiger partial charge in [0.25, 0.3) is 5.69 Å². The number of ether oxygens (including phenoxy) is 2. The van der Waals surface area contributed by atoms with Gasteiger partial charge in [-0.3, -0.25) is 10.1 Å². The summed E-state index contributed by atoms with van der Waals surface area (Å²) in [4.78, 5) is 40.0. The lowest BCUT2D eigenvalue weighted by Gasteiger charge is -2.38. The third-order valence-electron chi connectivity index (χ3n) is 6.92. The zero-order valence-corrected chi connectivity index (χ0v) is 22.5. The number of allylic oxidation sites excluding steroid dienone is 2. The van der Waals surface area contributed by atoms with Crippen LogP contribution in [0.5, 0.6) is 0 Å². The third kappa shape index (κ3) is 6.06. The molecule has 0 aliphatic carbocycles. The molecular weight excluding hydrogens is 510 g/mol. The highest BCUT2D eigenvalue weighted by molar-refractivity contribution is 6.00. The number of nitro benzene ring substituents is 1. The van der Waals surface area contributed by atoms with Gasteiger partial charge in [0.15, 0.2) is 0 Å². The summed E-state index contributed by atoms with van der Waals surface area (Å²) in [5.74, 6) is -2.04. The molecule has 0 unspecified atom stereocenters. The summed E-state index contributed by atoms with van der Waals surface area (Å²) < 4.78 is 11.1.